The lowest BCUT2D eigenvalue weighted by atomic mass is 10.3. The first-order chi connectivity index (χ1) is 9.31. The maximum Gasteiger partial charge on any atom is 0.224 e. The fourth-order valence-corrected chi connectivity index (χ4v) is 1.57. The number of rotatable bonds is 6. The number of aromatic nitrogens is 2. The molecule has 0 unspecified atom stereocenters. The van der Waals surface area contributed by atoms with Crippen molar-refractivity contribution in [3.63, 3.8) is 0 Å². The van der Waals surface area contributed by atoms with Crippen LogP contribution in [0, 0.1) is 0 Å². The minimum absolute atomic E-state index is 0.639. The number of nitrogens with one attached hydrogen (secondary N) is 2. The van der Waals surface area contributed by atoms with Gasteiger partial charge in [-0.2, -0.15) is 4.98 Å². The first-order valence-corrected chi connectivity index (χ1v) is 6.30. The third-order valence-electron chi connectivity index (χ3n) is 2.55. The maximum absolute atomic E-state index is 5.12. The third kappa shape index (κ3) is 3.84. The molecule has 5 heteroatoms. The minimum Gasteiger partial charge on any atom is -0.497 e. The molecule has 19 heavy (non-hydrogen) atoms. The summed E-state index contributed by atoms with van der Waals surface area (Å²) < 4.78 is 5.12. The van der Waals surface area contributed by atoms with Crippen LogP contribution in [0.3, 0.4) is 0 Å². The lowest BCUT2D eigenvalue weighted by Crippen LogP contribution is -2.05. The van der Waals surface area contributed by atoms with Crippen molar-refractivity contribution in [2.24, 2.45) is 0 Å². The summed E-state index contributed by atoms with van der Waals surface area (Å²) in [6.45, 7) is 2.97. The van der Waals surface area contributed by atoms with Gasteiger partial charge in [-0.25, -0.2) is 4.98 Å². The number of nitrogens with zero attached hydrogens (tertiary/aromatic N) is 2. The van der Waals surface area contributed by atoms with E-state index in [4.69, 9.17) is 4.74 Å². The molecule has 1 heterocycles. The normalized spacial score (nSPS) is 10.0. The molecule has 0 aliphatic heterocycles. The summed E-state index contributed by atoms with van der Waals surface area (Å²) in [5, 5.41) is 6.38. The number of benzene rings is 1. The Kier molecular flexibility index (Phi) is 4.55. The average molecular weight is 258 g/mol. The van der Waals surface area contributed by atoms with E-state index in [0.717, 1.165) is 30.2 Å². The molecule has 1 aromatic carbocycles. The molecule has 0 amide bonds. The molecule has 0 atom stereocenters. The van der Waals surface area contributed by atoms with E-state index in [0.29, 0.717) is 5.95 Å². The monoisotopic (exact) mass is 258 g/mol. The van der Waals surface area contributed by atoms with Gasteiger partial charge in [-0.3, -0.25) is 0 Å². The second-order valence-electron chi connectivity index (χ2n) is 4.05. The smallest absolute Gasteiger partial charge is 0.224 e. The zero-order valence-corrected chi connectivity index (χ0v) is 11.2. The zero-order chi connectivity index (χ0) is 13.5. The Labute approximate surface area is 113 Å². The van der Waals surface area contributed by atoms with Crippen LogP contribution in [0.2, 0.25) is 0 Å². The van der Waals surface area contributed by atoms with Gasteiger partial charge in [-0.15, -0.1) is 0 Å². The van der Waals surface area contributed by atoms with E-state index >= 15 is 0 Å². The SMILES string of the molecule is CCCNc1nccc(Nc2ccc(OC)cc2)n1. The zero-order valence-electron chi connectivity index (χ0n) is 11.2. The Hall–Kier alpha value is -2.30. The Morgan fingerprint density at radius 1 is 1.16 bits per heavy atom. The van der Waals surface area contributed by atoms with E-state index < -0.39 is 0 Å². The van der Waals surface area contributed by atoms with Crippen LogP contribution in [-0.4, -0.2) is 23.6 Å². The molecule has 5 nitrogen and oxygen atoms in total. The molecule has 0 aliphatic carbocycles. The summed E-state index contributed by atoms with van der Waals surface area (Å²) in [6.07, 6.45) is 2.77. The number of anilines is 3. The van der Waals surface area contributed by atoms with Crippen molar-refractivity contribution in [2.75, 3.05) is 24.3 Å². The lowest BCUT2D eigenvalue weighted by molar-refractivity contribution is 0.415. The van der Waals surface area contributed by atoms with E-state index in [9.17, 15) is 0 Å². The molecule has 0 radical (unpaired) electrons. The van der Waals surface area contributed by atoms with Gasteiger partial charge < -0.3 is 15.4 Å². The molecule has 0 aliphatic rings. The molecule has 0 bridgehead atoms. The van der Waals surface area contributed by atoms with Crippen molar-refractivity contribution in [3.8, 4) is 5.75 Å². The van der Waals surface area contributed by atoms with Crippen LogP contribution in [0.5, 0.6) is 5.75 Å². The number of ether oxygens (including phenoxy) is 1. The van der Waals surface area contributed by atoms with Crippen molar-refractivity contribution >= 4 is 17.5 Å². The van der Waals surface area contributed by atoms with Crippen molar-refractivity contribution in [1.82, 2.24) is 9.97 Å². The molecule has 2 aromatic rings. The van der Waals surface area contributed by atoms with Crippen LogP contribution in [0.15, 0.2) is 36.5 Å². The summed E-state index contributed by atoms with van der Waals surface area (Å²) in [4.78, 5) is 8.55. The highest BCUT2D eigenvalue weighted by Gasteiger charge is 1.99. The topological polar surface area (TPSA) is 59.1 Å². The molecule has 0 spiro atoms. The van der Waals surface area contributed by atoms with Crippen LogP contribution in [-0.2, 0) is 0 Å². The van der Waals surface area contributed by atoms with Crippen molar-refractivity contribution in [1.29, 1.82) is 0 Å². The average Bonchev–Trinajstić information content (AvgIpc) is 2.46. The van der Waals surface area contributed by atoms with Gasteiger partial charge in [-0.1, -0.05) is 6.92 Å². The highest BCUT2D eigenvalue weighted by molar-refractivity contribution is 5.57. The Bertz CT molecular complexity index is 513. The van der Waals surface area contributed by atoms with E-state index in [2.05, 4.69) is 27.5 Å². The van der Waals surface area contributed by atoms with E-state index in [-0.39, 0.29) is 0 Å². The van der Waals surface area contributed by atoms with Gasteiger partial charge in [0.25, 0.3) is 0 Å². The molecule has 1 aromatic heterocycles. The number of hydrogen-bond donors (Lipinski definition) is 2. The molecular weight excluding hydrogens is 240 g/mol. The van der Waals surface area contributed by atoms with Gasteiger partial charge in [0.1, 0.15) is 11.6 Å². The Morgan fingerprint density at radius 2 is 1.95 bits per heavy atom. The highest BCUT2D eigenvalue weighted by Crippen LogP contribution is 2.18. The summed E-state index contributed by atoms with van der Waals surface area (Å²) in [5.74, 6) is 2.23. The van der Waals surface area contributed by atoms with Crippen LogP contribution >= 0.6 is 0 Å². The second-order valence-corrected chi connectivity index (χ2v) is 4.05. The molecule has 0 saturated carbocycles. The van der Waals surface area contributed by atoms with E-state index in [1.165, 1.54) is 0 Å². The van der Waals surface area contributed by atoms with Gasteiger partial charge in [0.05, 0.1) is 7.11 Å². The number of methoxy groups -OCH3 is 1. The molecule has 100 valence electrons. The van der Waals surface area contributed by atoms with Gasteiger partial charge in [0.2, 0.25) is 5.95 Å². The van der Waals surface area contributed by atoms with Gasteiger partial charge in [0, 0.05) is 18.4 Å². The maximum atomic E-state index is 5.12. The van der Waals surface area contributed by atoms with Gasteiger partial charge >= 0.3 is 0 Å². The van der Waals surface area contributed by atoms with Crippen molar-refractivity contribution in [2.45, 2.75) is 13.3 Å². The summed E-state index contributed by atoms with van der Waals surface area (Å²) in [6, 6.07) is 9.53. The molecular formula is C14H18N4O. The standard InChI is InChI=1S/C14H18N4O/c1-3-9-15-14-16-10-8-13(18-14)17-11-4-6-12(19-2)7-5-11/h4-8,10H,3,9H2,1-2H3,(H2,15,16,17,18). The lowest BCUT2D eigenvalue weighted by Gasteiger charge is -2.08. The highest BCUT2D eigenvalue weighted by atomic mass is 16.5. The summed E-state index contributed by atoms with van der Waals surface area (Å²) in [7, 11) is 1.65. The van der Waals surface area contributed by atoms with Crippen LogP contribution < -0.4 is 15.4 Å². The fraction of sp³-hybridized carbons (Fsp3) is 0.286. The molecule has 2 rings (SSSR count). The summed E-state index contributed by atoms with van der Waals surface area (Å²) in [5.41, 5.74) is 0.959. The first kappa shape index (κ1) is 13.1. The predicted molar refractivity (Wildman–Crippen MR) is 77.1 cm³/mol. The molecule has 0 fully saturated rings. The van der Waals surface area contributed by atoms with E-state index in [1.807, 2.05) is 30.3 Å². The largest absolute Gasteiger partial charge is 0.497 e. The van der Waals surface area contributed by atoms with Crippen LogP contribution in [0.1, 0.15) is 13.3 Å². The van der Waals surface area contributed by atoms with Gasteiger partial charge in [0.15, 0.2) is 0 Å². The molecule has 2 N–H and O–H groups in total. The van der Waals surface area contributed by atoms with Crippen LogP contribution in [0.25, 0.3) is 0 Å². The second kappa shape index (κ2) is 6.58. The number of hydrogen-bond acceptors (Lipinski definition) is 5. The van der Waals surface area contributed by atoms with Gasteiger partial charge in [-0.05, 0) is 36.8 Å². The van der Waals surface area contributed by atoms with Crippen molar-refractivity contribution in [3.05, 3.63) is 36.5 Å². The van der Waals surface area contributed by atoms with Crippen molar-refractivity contribution < 1.29 is 4.74 Å². The predicted octanol–water partition coefficient (Wildman–Crippen LogP) is 3.05. The summed E-state index contributed by atoms with van der Waals surface area (Å²) >= 11 is 0. The quantitative estimate of drug-likeness (QED) is 0.834. The fourth-order valence-electron chi connectivity index (χ4n) is 1.57. The van der Waals surface area contributed by atoms with Crippen LogP contribution in [0.4, 0.5) is 17.5 Å². The minimum atomic E-state index is 0.639. The first-order valence-electron chi connectivity index (χ1n) is 6.30. The third-order valence-corrected chi connectivity index (χ3v) is 2.55. The molecule has 0 saturated heterocycles. The Morgan fingerprint density at radius 3 is 2.63 bits per heavy atom. The Balaban J connectivity index is 2.05. The van der Waals surface area contributed by atoms with E-state index in [1.54, 1.807) is 13.3 Å².